The van der Waals surface area contributed by atoms with E-state index < -0.39 is 0 Å². The van der Waals surface area contributed by atoms with Gasteiger partial charge in [-0.25, -0.2) is 24.9 Å². The third-order valence-electron chi connectivity index (χ3n) is 13.9. The highest BCUT2D eigenvalue weighted by molar-refractivity contribution is 5.89. The minimum absolute atomic E-state index is 0.613. The molecule has 2 heterocycles. The highest BCUT2D eigenvalue weighted by Crippen LogP contribution is 2.45. The zero-order valence-corrected chi connectivity index (χ0v) is 39.8. The normalized spacial score (nSPS) is 11.5. The molecule has 73 heavy (non-hydrogen) atoms. The Labute approximate surface area is 425 Å². The Morgan fingerprint density at radius 3 is 1.12 bits per heavy atom. The Kier molecular flexibility index (Phi) is 11.2. The zero-order valence-electron chi connectivity index (χ0n) is 39.8. The molecule has 5 heteroatoms. The molecule has 0 saturated carbocycles. The van der Waals surface area contributed by atoms with Crippen molar-refractivity contribution in [2.24, 2.45) is 0 Å². The summed E-state index contributed by atoms with van der Waals surface area (Å²) >= 11 is 0. The highest BCUT2D eigenvalue weighted by atomic mass is 15.0. The predicted octanol–water partition coefficient (Wildman–Crippen LogP) is 16.9. The van der Waals surface area contributed by atoms with Gasteiger partial charge in [0.15, 0.2) is 23.3 Å². The molecular formula is C68H45N5. The van der Waals surface area contributed by atoms with Crippen LogP contribution in [0, 0.1) is 0 Å². The first kappa shape index (κ1) is 43.3. The topological polar surface area (TPSA) is 64.5 Å². The van der Waals surface area contributed by atoms with Gasteiger partial charge in [-0.1, -0.05) is 243 Å². The molecule has 0 bridgehead atoms. The molecule has 1 aliphatic rings. The molecule has 12 aromatic rings. The summed E-state index contributed by atoms with van der Waals surface area (Å²) in [5.41, 5.74) is 21.7. The fourth-order valence-electron chi connectivity index (χ4n) is 10.1. The van der Waals surface area contributed by atoms with Crippen molar-refractivity contribution >= 4 is 0 Å². The van der Waals surface area contributed by atoms with Gasteiger partial charge in [-0.2, -0.15) is 0 Å². The van der Waals surface area contributed by atoms with Crippen molar-refractivity contribution in [1.29, 1.82) is 0 Å². The first-order chi connectivity index (χ1) is 36.1. The van der Waals surface area contributed by atoms with Crippen molar-refractivity contribution in [3.05, 3.63) is 272 Å². The molecule has 0 N–H and O–H groups in total. The molecule has 0 saturated heterocycles. The highest BCUT2D eigenvalue weighted by Gasteiger charge is 2.26. The van der Waals surface area contributed by atoms with E-state index in [0.29, 0.717) is 23.3 Å². The summed E-state index contributed by atoms with van der Waals surface area (Å²) in [5, 5.41) is 0. The number of nitrogens with zero attached hydrogens (tertiary/aromatic N) is 5. The SMILES string of the molecule is c1ccc(-c2ccc(-c3cc(-c4cccc(-c5cccc(-c6nc(-c7ccccc7)nc(-c7cccc8c7Cc7c(-c9ccccc9)cccc7-8)n6)c5)c4)nc(-c4ccc(-c5ccccc5)cc4)n3)cc2)cc1. The minimum Gasteiger partial charge on any atom is -0.228 e. The number of rotatable bonds is 10. The Balaban J connectivity index is 0.877. The van der Waals surface area contributed by atoms with Crippen LogP contribution in [-0.4, -0.2) is 24.9 Å². The van der Waals surface area contributed by atoms with Crippen molar-refractivity contribution in [2.45, 2.75) is 6.42 Å². The van der Waals surface area contributed by atoms with E-state index in [4.69, 9.17) is 24.9 Å². The summed E-state index contributed by atoms with van der Waals surface area (Å²) in [7, 11) is 0. The molecule has 1 aliphatic carbocycles. The molecule has 0 radical (unpaired) electrons. The van der Waals surface area contributed by atoms with Gasteiger partial charge in [-0.3, -0.25) is 0 Å². The molecule has 0 fully saturated rings. The van der Waals surface area contributed by atoms with Gasteiger partial charge in [-0.15, -0.1) is 0 Å². The van der Waals surface area contributed by atoms with Crippen LogP contribution in [0.15, 0.2) is 261 Å². The number of fused-ring (bicyclic) bond motifs is 3. The summed E-state index contributed by atoms with van der Waals surface area (Å²) in [6, 6.07) is 91.3. The van der Waals surface area contributed by atoms with Crippen molar-refractivity contribution in [2.75, 3.05) is 0 Å². The van der Waals surface area contributed by atoms with Crippen LogP contribution in [0.2, 0.25) is 0 Å². The van der Waals surface area contributed by atoms with Crippen LogP contribution in [-0.2, 0) is 6.42 Å². The first-order valence-electron chi connectivity index (χ1n) is 24.7. The zero-order chi connectivity index (χ0) is 48.5. The van der Waals surface area contributed by atoms with Gasteiger partial charge in [0.1, 0.15) is 0 Å². The summed E-state index contributed by atoms with van der Waals surface area (Å²) < 4.78 is 0. The van der Waals surface area contributed by atoms with Gasteiger partial charge >= 0.3 is 0 Å². The van der Waals surface area contributed by atoms with Crippen LogP contribution >= 0.6 is 0 Å². The van der Waals surface area contributed by atoms with E-state index >= 15 is 0 Å². The summed E-state index contributed by atoms with van der Waals surface area (Å²) in [5.74, 6) is 2.56. The maximum absolute atomic E-state index is 5.30. The van der Waals surface area contributed by atoms with Gasteiger partial charge in [0, 0.05) is 39.8 Å². The molecule has 13 rings (SSSR count). The monoisotopic (exact) mass is 931 g/mol. The lowest BCUT2D eigenvalue weighted by molar-refractivity contribution is 1.07. The van der Waals surface area contributed by atoms with Crippen molar-refractivity contribution in [3.63, 3.8) is 0 Å². The van der Waals surface area contributed by atoms with Crippen LogP contribution in [0.3, 0.4) is 0 Å². The largest absolute Gasteiger partial charge is 0.228 e. The van der Waals surface area contributed by atoms with Crippen LogP contribution in [0.25, 0.3) is 124 Å². The van der Waals surface area contributed by atoms with E-state index in [1.807, 2.05) is 30.3 Å². The Bertz CT molecular complexity index is 3850. The Morgan fingerprint density at radius 1 is 0.192 bits per heavy atom. The van der Waals surface area contributed by atoms with Gasteiger partial charge in [0.25, 0.3) is 0 Å². The maximum Gasteiger partial charge on any atom is 0.164 e. The molecule has 0 spiro atoms. The standard InChI is InChI=1S/C68H45N5/c1-5-17-45(18-6-1)47-33-37-50(38-34-47)63-44-64(70-65(69-63)52-39-35-48(36-40-52)46-19-7-2-8-20-46)55-27-13-25-53(41-55)54-26-14-28-56(42-54)67-71-66(51-23-11-4-12-24-51)72-68(73-67)60-32-16-31-59-58-30-15-29-57(61(58)43-62(59)60)49-21-9-3-10-22-49/h1-42,44H,43H2. The molecule has 0 aliphatic heterocycles. The molecule has 5 nitrogen and oxygen atoms in total. The van der Waals surface area contributed by atoms with Crippen LogP contribution in [0.1, 0.15) is 11.1 Å². The van der Waals surface area contributed by atoms with Gasteiger partial charge in [0.2, 0.25) is 0 Å². The van der Waals surface area contributed by atoms with Crippen LogP contribution in [0.5, 0.6) is 0 Å². The average Bonchev–Trinajstić information content (AvgIpc) is 3.87. The molecule has 2 aromatic heterocycles. The van der Waals surface area contributed by atoms with Gasteiger partial charge in [-0.05, 0) is 85.0 Å². The number of aromatic nitrogens is 5. The van der Waals surface area contributed by atoms with Crippen molar-refractivity contribution in [3.8, 4) is 124 Å². The third kappa shape index (κ3) is 8.60. The van der Waals surface area contributed by atoms with E-state index in [0.717, 1.165) is 73.4 Å². The van der Waals surface area contributed by atoms with Crippen LogP contribution in [0.4, 0.5) is 0 Å². The average molecular weight is 932 g/mol. The molecule has 0 amide bonds. The second kappa shape index (κ2) is 18.9. The summed E-state index contributed by atoms with van der Waals surface area (Å²) in [6.07, 6.45) is 0.788. The lowest BCUT2D eigenvalue weighted by Crippen LogP contribution is -2.02. The molecular weight excluding hydrogens is 887 g/mol. The maximum atomic E-state index is 5.30. The number of benzene rings is 10. The fraction of sp³-hybridized carbons (Fsp3) is 0.0147. The Hall–Kier alpha value is -9.71. The lowest BCUT2D eigenvalue weighted by Gasteiger charge is -2.13. The van der Waals surface area contributed by atoms with Crippen LogP contribution < -0.4 is 0 Å². The van der Waals surface area contributed by atoms with E-state index in [1.54, 1.807) is 0 Å². The predicted molar refractivity (Wildman–Crippen MR) is 298 cm³/mol. The van der Waals surface area contributed by atoms with E-state index in [2.05, 4.69) is 231 Å². The molecule has 0 unspecified atom stereocenters. The lowest BCUT2D eigenvalue weighted by atomic mass is 9.96. The quantitative estimate of drug-likeness (QED) is 0.137. The number of hydrogen-bond acceptors (Lipinski definition) is 5. The molecule has 10 aromatic carbocycles. The van der Waals surface area contributed by atoms with Gasteiger partial charge in [0.05, 0.1) is 11.4 Å². The van der Waals surface area contributed by atoms with E-state index in [9.17, 15) is 0 Å². The first-order valence-corrected chi connectivity index (χ1v) is 24.7. The van der Waals surface area contributed by atoms with E-state index in [1.165, 1.54) is 44.5 Å². The molecule has 0 atom stereocenters. The summed E-state index contributed by atoms with van der Waals surface area (Å²) in [6.45, 7) is 0. The van der Waals surface area contributed by atoms with Crippen molar-refractivity contribution < 1.29 is 0 Å². The number of hydrogen-bond donors (Lipinski definition) is 0. The Morgan fingerprint density at radius 2 is 0.534 bits per heavy atom. The fourth-order valence-corrected chi connectivity index (χ4v) is 10.1. The summed E-state index contributed by atoms with van der Waals surface area (Å²) in [4.78, 5) is 26.1. The minimum atomic E-state index is 0.613. The third-order valence-corrected chi connectivity index (χ3v) is 13.9. The van der Waals surface area contributed by atoms with E-state index in [-0.39, 0.29) is 0 Å². The van der Waals surface area contributed by atoms with Gasteiger partial charge < -0.3 is 0 Å². The molecule has 342 valence electrons. The second-order valence-electron chi connectivity index (χ2n) is 18.4. The smallest absolute Gasteiger partial charge is 0.164 e. The second-order valence-corrected chi connectivity index (χ2v) is 18.4. The van der Waals surface area contributed by atoms with Crippen molar-refractivity contribution in [1.82, 2.24) is 24.9 Å².